The highest BCUT2D eigenvalue weighted by Crippen LogP contribution is 2.53. The van der Waals surface area contributed by atoms with Gasteiger partial charge in [0.05, 0.1) is 5.60 Å². The molecule has 0 aromatic rings. The lowest BCUT2D eigenvalue weighted by atomic mass is 9.70. The molecule has 0 spiro atoms. The number of hydrogen-bond donors (Lipinski definition) is 1. The number of Topliss-reactive ketones (excluding diaryl/α,β-unsaturated/α-hetero) is 1. The Kier molecular flexibility index (Phi) is 4.66. The number of carbonyl (C=O) groups is 1. The lowest BCUT2D eigenvalue weighted by Gasteiger charge is -2.47. The van der Waals surface area contributed by atoms with Crippen LogP contribution in [0.4, 0.5) is 0 Å². The van der Waals surface area contributed by atoms with E-state index in [1.807, 2.05) is 0 Å². The number of rotatable bonds is 5. The third kappa shape index (κ3) is 4.12. The largest absolute Gasteiger partial charge is 0.374 e. The summed E-state index contributed by atoms with van der Waals surface area (Å²) in [6.07, 6.45) is 5.79. The number of hydrogen-bond acceptors (Lipinski definition) is 4. The van der Waals surface area contributed by atoms with E-state index in [9.17, 15) is 9.90 Å². The Morgan fingerprint density at radius 2 is 1.96 bits per heavy atom. The lowest BCUT2D eigenvalue weighted by molar-refractivity contribution is -0.164. The van der Waals surface area contributed by atoms with Crippen LogP contribution in [0.25, 0.3) is 0 Å². The van der Waals surface area contributed by atoms with Gasteiger partial charge in [0.1, 0.15) is 12.3 Å². The Balaban J connectivity index is 1.66. The van der Waals surface area contributed by atoms with Crippen LogP contribution in [0.15, 0.2) is 0 Å². The zero-order chi connectivity index (χ0) is 18.7. The van der Waals surface area contributed by atoms with Gasteiger partial charge in [0.15, 0.2) is 5.78 Å². The van der Waals surface area contributed by atoms with Crippen molar-refractivity contribution in [1.29, 1.82) is 0 Å². The third-order valence-electron chi connectivity index (χ3n) is 6.45. The summed E-state index contributed by atoms with van der Waals surface area (Å²) in [4.78, 5) is 15.3. The van der Waals surface area contributed by atoms with Crippen LogP contribution in [0.5, 0.6) is 0 Å². The summed E-state index contributed by atoms with van der Waals surface area (Å²) in [5, 5.41) is 10.6. The van der Waals surface area contributed by atoms with Gasteiger partial charge in [-0.1, -0.05) is 41.5 Å². The first-order chi connectivity index (χ1) is 11.3. The van der Waals surface area contributed by atoms with Gasteiger partial charge in [-0.2, -0.15) is 0 Å². The van der Waals surface area contributed by atoms with Gasteiger partial charge in [0.25, 0.3) is 0 Å². The van der Waals surface area contributed by atoms with Crippen molar-refractivity contribution in [2.45, 2.75) is 97.4 Å². The number of fused-ring (bicyclic) bond motifs is 4. The molecule has 2 saturated heterocycles. The molecule has 5 unspecified atom stereocenters. The summed E-state index contributed by atoms with van der Waals surface area (Å²) in [6, 6.07) is 0.440. The highest BCUT2D eigenvalue weighted by Gasteiger charge is 2.64. The molecule has 0 amide bonds. The maximum absolute atomic E-state index is 13.0. The van der Waals surface area contributed by atoms with Gasteiger partial charge in [0, 0.05) is 24.9 Å². The number of carbonyl (C=O) groups excluding carboxylic acids is 1. The first kappa shape index (κ1) is 19.3. The molecule has 0 radical (unpaired) electrons. The fourth-order valence-corrected chi connectivity index (χ4v) is 5.12. The number of ketones is 1. The summed E-state index contributed by atoms with van der Waals surface area (Å²) in [7, 11) is 0. The first-order valence-electron chi connectivity index (χ1n) is 10.00. The van der Waals surface area contributed by atoms with Crippen molar-refractivity contribution in [2.24, 2.45) is 16.7 Å². The molecular formula is C21H37NO3. The van der Waals surface area contributed by atoms with Crippen molar-refractivity contribution < 1.29 is 14.6 Å². The minimum absolute atomic E-state index is 0.00684. The second-order valence-corrected chi connectivity index (χ2v) is 11.2. The summed E-state index contributed by atoms with van der Waals surface area (Å²) >= 11 is 0. The molecule has 1 saturated carbocycles. The molecule has 3 aliphatic rings. The van der Waals surface area contributed by atoms with Crippen LogP contribution in [0, 0.1) is 16.7 Å². The molecular weight excluding hydrogens is 314 g/mol. The Labute approximate surface area is 153 Å². The van der Waals surface area contributed by atoms with Crippen molar-refractivity contribution in [3.8, 4) is 0 Å². The van der Waals surface area contributed by atoms with E-state index < -0.39 is 5.72 Å². The molecule has 1 aliphatic carbocycles. The van der Waals surface area contributed by atoms with Crippen molar-refractivity contribution in [2.75, 3.05) is 13.2 Å². The molecule has 3 fully saturated rings. The molecule has 1 N–H and O–H groups in total. The molecule has 0 aromatic heterocycles. The smallest absolute Gasteiger partial charge is 0.162 e. The second-order valence-electron chi connectivity index (χ2n) is 11.2. The monoisotopic (exact) mass is 351 g/mol. The Morgan fingerprint density at radius 3 is 2.56 bits per heavy atom. The zero-order valence-electron chi connectivity index (χ0n) is 17.0. The van der Waals surface area contributed by atoms with Crippen LogP contribution < -0.4 is 0 Å². The molecule has 5 atom stereocenters. The lowest BCUT2D eigenvalue weighted by Crippen LogP contribution is -2.52. The summed E-state index contributed by atoms with van der Waals surface area (Å²) in [5.74, 6) is 0.233. The number of nitrogens with zero attached hydrogens (tertiary/aromatic N) is 1. The van der Waals surface area contributed by atoms with Crippen LogP contribution >= 0.6 is 0 Å². The van der Waals surface area contributed by atoms with Gasteiger partial charge in [-0.3, -0.25) is 9.69 Å². The summed E-state index contributed by atoms with van der Waals surface area (Å²) in [6.45, 7) is 14.0. The van der Waals surface area contributed by atoms with Crippen LogP contribution in [-0.4, -0.2) is 46.3 Å². The predicted molar refractivity (Wildman–Crippen MR) is 99.2 cm³/mol. The molecule has 0 aromatic carbocycles. The fraction of sp³-hybridized carbons (Fsp3) is 0.952. The molecule has 3 rings (SSSR count). The van der Waals surface area contributed by atoms with Crippen LogP contribution in [0.2, 0.25) is 0 Å². The molecule has 4 heteroatoms. The SMILES string of the molecule is CC(C)(C)CC(C(=O)COC12CCCC(C1)N1CC1(O)C2)C(C)(C)C. The second kappa shape index (κ2) is 6.03. The van der Waals surface area contributed by atoms with Crippen molar-refractivity contribution in [1.82, 2.24) is 4.90 Å². The average Bonchev–Trinajstić information content (AvgIpc) is 3.12. The van der Waals surface area contributed by atoms with E-state index in [0.717, 1.165) is 38.6 Å². The fourth-order valence-electron chi connectivity index (χ4n) is 5.12. The van der Waals surface area contributed by atoms with Crippen LogP contribution in [0.3, 0.4) is 0 Å². The number of piperidine rings is 1. The highest BCUT2D eigenvalue weighted by atomic mass is 16.5. The average molecular weight is 352 g/mol. The van der Waals surface area contributed by atoms with E-state index in [2.05, 4.69) is 46.4 Å². The van der Waals surface area contributed by atoms with E-state index in [-0.39, 0.29) is 34.7 Å². The van der Waals surface area contributed by atoms with Gasteiger partial charge in [0.2, 0.25) is 0 Å². The van der Waals surface area contributed by atoms with Gasteiger partial charge in [-0.25, -0.2) is 0 Å². The summed E-state index contributed by atoms with van der Waals surface area (Å²) < 4.78 is 6.32. The number of ether oxygens (including phenoxy) is 1. The van der Waals surface area contributed by atoms with Crippen molar-refractivity contribution in [3.05, 3.63) is 0 Å². The quantitative estimate of drug-likeness (QED) is 0.766. The van der Waals surface area contributed by atoms with Gasteiger partial charge >= 0.3 is 0 Å². The number of aliphatic hydroxyl groups is 1. The van der Waals surface area contributed by atoms with E-state index in [0.29, 0.717) is 12.5 Å². The molecule has 25 heavy (non-hydrogen) atoms. The normalized spacial score (nSPS) is 38.8. The van der Waals surface area contributed by atoms with Gasteiger partial charge in [-0.05, 0) is 42.9 Å². The Morgan fingerprint density at radius 1 is 1.28 bits per heavy atom. The molecule has 2 bridgehead atoms. The van der Waals surface area contributed by atoms with Crippen molar-refractivity contribution in [3.63, 3.8) is 0 Å². The Hall–Kier alpha value is -0.450. The van der Waals surface area contributed by atoms with Crippen molar-refractivity contribution >= 4 is 5.78 Å². The van der Waals surface area contributed by atoms with E-state index in [4.69, 9.17) is 4.74 Å². The third-order valence-corrected chi connectivity index (χ3v) is 6.45. The minimum Gasteiger partial charge on any atom is -0.374 e. The standard InChI is InChI=1S/C21H37NO3/c1-18(2,3)11-16(19(4,5)6)17(23)12-25-20-9-7-8-15(10-20)22-14-21(22,24)13-20/h15-16,24H,7-14H2,1-6H3. The van der Waals surface area contributed by atoms with Crippen LogP contribution in [-0.2, 0) is 9.53 Å². The van der Waals surface area contributed by atoms with E-state index >= 15 is 0 Å². The topological polar surface area (TPSA) is 49.5 Å². The zero-order valence-corrected chi connectivity index (χ0v) is 17.0. The predicted octanol–water partition coefficient (Wildman–Crippen LogP) is 3.76. The maximum atomic E-state index is 13.0. The highest BCUT2D eigenvalue weighted by molar-refractivity contribution is 5.83. The molecule has 4 nitrogen and oxygen atoms in total. The Bertz CT molecular complexity index is 532. The summed E-state index contributed by atoms with van der Waals surface area (Å²) in [5.41, 5.74) is -0.874. The minimum atomic E-state index is -0.652. The molecule has 144 valence electrons. The van der Waals surface area contributed by atoms with E-state index in [1.54, 1.807) is 0 Å². The first-order valence-corrected chi connectivity index (χ1v) is 10.00. The maximum Gasteiger partial charge on any atom is 0.162 e. The van der Waals surface area contributed by atoms with Gasteiger partial charge in [-0.15, -0.1) is 0 Å². The van der Waals surface area contributed by atoms with E-state index in [1.165, 1.54) is 0 Å². The molecule has 2 aliphatic heterocycles. The van der Waals surface area contributed by atoms with Crippen LogP contribution in [0.1, 0.15) is 80.1 Å². The molecule has 2 heterocycles. The van der Waals surface area contributed by atoms with Gasteiger partial charge < -0.3 is 9.84 Å².